The van der Waals surface area contributed by atoms with Gasteiger partial charge in [-0.2, -0.15) is 5.10 Å². The molecule has 0 bridgehead atoms. The third-order valence-electron chi connectivity index (χ3n) is 2.16. The maximum absolute atomic E-state index is 13.0. The van der Waals surface area contributed by atoms with E-state index in [4.69, 9.17) is 5.11 Å². The van der Waals surface area contributed by atoms with Crippen LogP contribution in [0, 0.1) is 11.6 Å². The summed E-state index contributed by atoms with van der Waals surface area (Å²) in [6, 6.07) is 3.30. The number of benzene rings is 1. The Morgan fingerprint density at radius 1 is 1.12 bits per heavy atom. The van der Waals surface area contributed by atoms with Crippen molar-refractivity contribution in [2.75, 3.05) is 6.61 Å². The van der Waals surface area contributed by atoms with Gasteiger partial charge in [0.15, 0.2) is 0 Å². The zero-order valence-corrected chi connectivity index (χ0v) is 8.40. The molecule has 0 radical (unpaired) electrons. The quantitative estimate of drug-likeness (QED) is 0.863. The predicted octanol–water partition coefficient (Wildman–Crippen LogP) is 1.82. The number of hydrogen-bond acceptors (Lipinski definition) is 2. The van der Waals surface area contributed by atoms with Gasteiger partial charge in [-0.15, -0.1) is 0 Å². The Kier molecular flexibility index (Phi) is 2.96. The summed E-state index contributed by atoms with van der Waals surface area (Å²) >= 11 is 0. The fourth-order valence-electron chi connectivity index (χ4n) is 1.46. The second-order valence-electron chi connectivity index (χ2n) is 3.37. The highest BCUT2D eigenvalue weighted by molar-refractivity contribution is 5.61. The average Bonchev–Trinajstić information content (AvgIpc) is 2.65. The number of aliphatic hydroxyl groups is 1. The van der Waals surface area contributed by atoms with Gasteiger partial charge in [-0.05, 0) is 17.7 Å². The Morgan fingerprint density at radius 2 is 1.81 bits per heavy atom. The first-order chi connectivity index (χ1) is 7.69. The van der Waals surface area contributed by atoms with Crippen LogP contribution >= 0.6 is 0 Å². The van der Waals surface area contributed by atoms with Crippen molar-refractivity contribution in [1.29, 1.82) is 0 Å². The molecule has 2 rings (SSSR count). The maximum atomic E-state index is 13.0. The summed E-state index contributed by atoms with van der Waals surface area (Å²) in [7, 11) is 0. The summed E-state index contributed by atoms with van der Waals surface area (Å²) < 4.78 is 27.4. The molecule has 1 aromatic heterocycles. The molecule has 1 aromatic carbocycles. The van der Waals surface area contributed by atoms with Gasteiger partial charge in [0.1, 0.15) is 11.6 Å². The second kappa shape index (κ2) is 4.40. The molecule has 0 aliphatic rings. The molecule has 0 saturated carbocycles. The highest BCUT2D eigenvalue weighted by Gasteiger charge is 2.05. The molecule has 0 fully saturated rings. The Labute approximate surface area is 91.0 Å². The van der Waals surface area contributed by atoms with Crippen molar-refractivity contribution >= 4 is 0 Å². The normalized spacial score (nSPS) is 10.7. The molecule has 84 valence electrons. The van der Waals surface area contributed by atoms with Gasteiger partial charge in [-0.3, -0.25) is 4.68 Å². The van der Waals surface area contributed by atoms with E-state index in [0.717, 1.165) is 6.07 Å². The first-order valence-corrected chi connectivity index (χ1v) is 4.79. The van der Waals surface area contributed by atoms with Crippen LogP contribution in [0.15, 0.2) is 30.6 Å². The molecular weight excluding hydrogens is 214 g/mol. The molecule has 1 heterocycles. The zero-order valence-electron chi connectivity index (χ0n) is 8.40. The van der Waals surface area contributed by atoms with Crippen molar-refractivity contribution in [1.82, 2.24) is 9.78 Å². The molecule has 0 saturated heterocycles. The lowest BCUT2D eigenvalue weighted by Crippen LogP contribution is -2.01. The fourth-order valence-corrected chi connectivity index (χ4v) is 1.46. The van der Waals surface area contributed by atoms with Gasteiger partial charge in [0.05, 0.1) is 19.3 Å². The van der Waals surface area contributed by atoms with E-state index in [1.54, 1.807) is 6.20 Å². The third kappa shape index (κ3) is 2.25. The Balaban J connectivity index is 2.34. The summed E-state index contributed by atoms with van der Waals surface area (Å²) in [5.41, 5.74) is 1.05. The van der Waals surface area contributed by atoms with E-state index in [-0.39, 0.29) is 6.61 Å². The van der Waals surface area contributed by atoms with Crippen LogP contribution in [0.2, 0.25) is 0 Å². The number of aliphatic hydroxyl groups excluding tert-OH is 1. The summed E-state index contributed by atoms with van der Waals surface area (Å²) in [5.74, 6) is -1.24. The highest BCUT2D eigenvalue weighted by atomic mass is 19.1. The lowest BCUT2D eigenvalue weighted by atomic mass is 10.1. The van der Waals surface area contributed by atoms with Crippen molar-refractivity contribution in [3.8, 4) is 11.1 Å². The number of rotatable bonds is 3. The number of halogens is 2. The molecule has 2 aromatic rings. The lowest BCUT2D eigenvalue weighted by Gasteiger charge is -1.98. The molecule has 3 nitrogen and oxygen atoms in total. The van der Waals surface area contributed by atoms with Crippen LogP contribution < -0.4 is 0 Å². The van der Waals surface area contributed by atoms with Crippen molar-refractivity contribution in [2.24, 2.45) is 0 Å². The van der Waals surface area contributed by atoms with Gasteiger partial charge in [0.2, 0.25) is 0 Å². The number of aromatic nitrogens is 2. The molecule has 0 aliphatic carbocycles. The first-order valence-electron chi connectivity index (χ1n) is 4.79. The SMILES string of the molecule is OCCn1cc(-c2cc(F)cc(F)c2)cn1. The number of nitrogens with zero attached hydrogens (tertiary/aromatic N) is 2. The van der Waals surface area contributed by atoms with Crippen molar-refractivity contribution in [3.63, 3.8) is 0 Å². The highest BCUT2D eigenvalue weighted by Crippen LogP contribution is 2.20. The van der Waals surface area contributed by atoms with Crippen LogP contribution in [0.5, 0.6) is 0 Å². The van der Waals surface area contributed by atoms with E-state index in [1.807, 2.05) is 0 Å². The lowest BCUT2D eigenvalue weighted by molar-refractivity contribution is 0.269. The van der Waals surface area contributed by atoms with Gasteiger partial charge in [0, 0.05) is 17.8 Å². The van der Waals surface area contributed by atoms with Gasteiger partial charge < -0.3 is 5.11 Å². The van der Waals surface area contributed by atoms with E-state index in [1.165, 1.54) is 23.0 Å². The molecule has 5 heteroatoms. The fraction of sp³-hybridized carbons (Fsp3) is 0.182. The minimum Gasteiger partial charge on any atom is -0.394 e. The molecule has 0 aliphatic heterocycles. The van der Waals surface area contributed by atoms with E-state index >= 15 is 0 Å². The molecule has 0 atom stereocenters. The molecule has 1 N–H and O–H groups in total. The van der Waals surface area contributed by atoms with Crippen LogP contribution in [0.1, 0.15) is 0 Å². The van der Waals surface area contributed by atoms with E-state index in [2.05, 4.69) is 5.10 Å². The smallest absolute Gasteiger partial charge is 0.126 e. The molecule has 16 heavy (non-hydrogen) atoms. The summed E-state index contributed by atoms with van der Waals surface area (Å²) in [4.78, 5) is 0. The summed E-state index contributed by atoms with van der Waals surface area (Å²) in [5, 5.41) is 12.7. The van der Waals surface area contributed by atoms with Crippen LogP contribution in [-0.4, -0.2) is 21.5 Å². The van der Waals surface area contributed by atoms with Crippen molar-refractivity contribution in [2.45, 2.75) is 6.54 Å². The zero-order chi connectivity index (χ0) is 11.5. The monoisotopic (exact) mass is 224 g/mol. The molecule has 0 spiro atoms. The Hall–Kier alpha value is -1.75. The van der Waals surface area contributed by atoms with Gasteiger partial charge in [0.25, 0.3) is 0 Å². The Morgan fingerprint density at radius 3 is 2.44 bits per heavy atom. The van der Waals surface area contributed by atoms with Crippen molar-refractivity contribution in [3.05, 3.63) is 42.2 Å². The largest absolute Gasteiger partial charge is 0.394 e. The number of hydrogen-bond donors (Lipinski definition) is 1. The third-order valence-corrected chi connectivity index (χ3v) is 2.16. The molecular formula is C11H10F2N2O. The minimum atomic E-state index is -0.620. The summed E-state index contributed by atoms with van der Waals surface area (Å²) in [6.45, 7) is 0.330. The minimum absolute atomic E-state index is 0.0291. The average molecular weight is 224 g/mol. The molecule has 0 amide bonds. The standard InChI is InChI=1S/C11H10F2N2O/c12-10-3-8(4-11(13)5-10)9-6-14-15(7-9)1-2-16/h3-7,16H,1-2H2. The van der Waals surface area contributed by atoms with E-state index in [0.29, 0.717) is 17.7 Å². The predicted molar refractivity (Wildman–Crippen MR) is 54.7 cm³/mol. The van der Waals surface area contributed by atoms with Crippen LogP contribution in [0.3, 0.4) is 0 Å². The van der Waals surface area contributed by atoms with Crippen LogP contribution in [0.25, 0.3) is 11.1 Å². The maximum Gasteiger partial charge on any atom is 0.126 e. The summed E-state index contributed by atoms with van der Waals surface area (Å²) in [6.07, 6.45) is 3.13. The van der Waals surface area contributed by atoms with Gasteiger partial charge in [-0.25, -0.2) is 8.78 Å². The van der Waals surface area contributed by atoms with Crippen LogP contribution in [-0.2, 0) is 6.54 Å². The van der Waals surface area contributed by atoms with Crippen molar-refractivity contribution < 1.29 is 13.9 Å². The Bertz CT molecular complexity index is 476. The van der Waals surface area contributed by atoms with Gasteiger partial charge in [-0.1, -0.05) is 0 Å². The topological polar surface area (TPSA) is 38.0 Å². The van der Waals surface area contributed by atoms with E-state index in [9.17, 15) is 8.78 Å². The van der Waals surface area contributed by atoms with Crippen LogP contribution in [0.4, 0.5) is 8.78 Å². The molecule has 0 unspecified atom stereocenters. The van der Waals surface area contributed by atoms with E-state index < -0.39 is 11.6 Å². The van der Waals surface area contributed by atoms with Gasteiger partial charge >= 0.3 is 0 Å². The first kappa shape index (κ1) is 10.8. The second-order valence-corrected chi connectivity index (χ2v) is 3.37.